The zero-order chi connectivity index (χ0) is 30.0. The lowest BCUT2D eigenvalue weighted by Gasteiger charge is -2.32. The number of amides is 2. The van der Waals surface area contributed by atoms with Crippen molar-refractivity contribution < 1.29 is 22.7 Å². The van der Waals surface area contributed by atoms with Gasteiger partial charge in [0.1, 0.15) is 18.3 Å². The minimum atomic E-state index is -4.14. The number of hydrogen-bond donors (Lipinski definition) is 1. The van der Waals surface area contributed by atoms with Gasteiger partial charge in [0.25, 0.3) is 10.0 Å². The van der Waals surface area contributed by atoms with Crippen molar-refractivity contribution in [2.75, 3.05) is 24.0 Å². The van der Waals surface area contributed by atoms with E-state index in [4.69, 9.17) is 4.74 Å². The molecule has 2 amide bonds. The van der Waals surface area contributed by atoms with E-state index in [9.17, 15) is 18.0 Å². The monoisotopic (exact) mass is 643 g/mol. The van der Waals surface area contributed by atoms with Gasteiger partial charge in [0.2, 0.25) is 11.8 Å². The van der Waals surface area contributed by atoms with Gasteiger partial charge in [0, 0.05) is 17.1 Å². The van der Waals surface area contributed by atoms with Crippen molar-refractivity contribution >= 4 is 43.5 Å². The van der Waals surface area contributed by atoms with E-state index in [1.165, 1.54) is 17.0 Å². The van der Waals surface area contributed by atoms with Crippen molar-refractivity contribution in [1.82, 2.24) is 10.2 Å². The van der Waals surface area contributed by atoms with Crippen molar-refractivity contribution in [3.05, 3.63) is 88.9 Å². The largest absolute Gasteiger partial charge is 0.494 e. The molecule has 3 rings (SSSR count). The number of anilines is 1. The summed E-state index contributed by atoms with van der Waals surface area (Å²) >= 11 is 3.34. The van der Waals surface area contributed by atoms with Gasteiger partial charge in [-0.15, -0.1) is 0 Å². The molecule has 0 heterocycles. The second-order valence-electron chi connectivity index (χ2n) is 9.71. The normalized spacial score (nSPS) is 12.7. The highest BCUT2D eigenvalue weighted by Gasteiger charge is 2.32. The predicted molar refractivity (Wildman–Crippen MR) is 166 cm³/mol. The van der Waals surface area contributed by atoms with Gasteiger partial charge < -0.3 is 15.0 Å². The maximum Gasteiger partial charge on any atom is 0.264 e. The minimum absolute atomic E-state index is 0.0424. The molecule has 0 saturated carbocycles. The van der Waals surface area contributed by atoms with Crippen LogP contribution in [-0.4, -0.2) is 56.9 Å². The Balaban J connectivity index is 1.98. The molecule has 220 valence electrons. The van der Waals surface area contributed by atoms with E-state index < -0.39 is 28.5 Å². The Morgan fingerprint density at radius 2 is 1.56 bits per heavy atom. The number of sulfonamides is 1. The summed E-state index contributed by atoms with van der Waals surface area (Å²) in [6, 6.07) is 21.6. The lowest BCUT2D eigenvalue weighted by atomic mass is 10.1. The Labute approximate surface area is 251 Å². The smallest absolute Gasteiger partial charge is 0.264 e. The summed E-state index contributed by atoms with van der Waals surface area (Å²) in [4.78, 5) is 28.6. The first-order chi connectivity index (χ1) is 19.6. The first kappa shape index (κ1) is 32.1. The Morgan fingerprint density at radius 1 is 0.927 bits per heavy atom. The molecular weight excluding hydrogens is 606 g/mol. The summed E-state index contributed by atoms with van der Waals surface area (Å²) in [6.45, 7) is 7.63. The number of hydrogen-bond acceptors (Lipinski definition) is 5. The number of ether oxygens (including phenoxy) is 1. The number of benzene rings is 3. The van der Waals surface area contributed by atoms with Crippen molar-refractivity contribution in [3.8, 4) is 5.75 Å². The molecule has 0 unspecified atom stereocenters. The van der Waals surface area contributed by atoms with Gasteiger partial charge in [-0.1, -0.05) is 53.2 Å². The Morgan fingerprint density at radius 3 is 2.15 bits per heavy atom. The van der Waals surface area contributed by atoms with Gasteiger partial charge in [-0.3, -0.25) is 13.9 Å². The van der Waals surface area contributed by atoms with Crippen LogP contribution in [0.3, 0.4) is 0 Å². The molecule has 0 bridgehead atoms. The Kier molecular flexibility index (Phi) is 11.8. The predicted octanol–water partition coefficient (Wildman–Crippen LogP) is 5.42. The van der Waals surface area contributed by atoms with E-state index in [1.807, 2.05) is 51.1 Å². The third-order valence-electron chi connectivity index (χ3n) is 6.77. The van der Waals surface area contributed by atoms with Crippen LogP contribution in [0.2, 0.25) is 0 Å². The van der Waals surface area contributed by atoms with E-state index in [2.05, 4.69) is 21.2 Å². The zero-order valence-electron chi connectivity index (χ0n) is 23.9. The van der Waals surface area contributed by atoms with Crippen LogP contribution in [0.15, 0.2) is 88.2 Å². The van der Waals surface area contributed by atoms with E-state index in [0.29, 0.717) is 24.5 Å². The van der Waals surface area contributed by atoms with Crippen LogP contribution in [0.5, 0.6) is 5.75 Å². The molecular formula is C31H38BrN3O5S. The quantitative estimate of drug-likeness (QED) is 0.253. The first-order valence-electron chi connectivity index (χ1n) is 13.7. The van der Waals surface area contributed by atoms with Gasteiger partial charge in [-0.2, -0.15) is 0 Å². The minimum Gasteiger partial charge on any atom is -0.494 e. The van der Waals surface area contributed by atoms with Crippen LogP contribution in [0.25, 0.3) is 0 Å². The van der Waals surface area contributed by atoms with Gasteiger partial charge in [-0.05, 0) is 87.7 Å². The van der Waals surface area contributed by atoms with Gasteiger partial charge >= 0.3 is 0 Å². The summed E-state index contributed by atoms with van der Waals surface area (Å²) in [5.41, 5.74) is 1.31. The van der Waals surface area contributed by atoms with Crippen LogP contribution in [-0.2, 0) is 26.0 Å². The average molecular weight is 645 g/mol. The van der Waals surface area contributed by atoms with E-state index >= 15 is 0 Å². The molecule has 0 radical (unpaired) electrons. The van der Waals surface area contributed by atoms with E-state index in [0.717, 1.165) is 20.8 Å². The fourth-order valence-electron chi connectivity index (χ4n) is 4.17. The molecule has 0 aliphatic heterocycles. The Bertz CT molecular complexity index is 1380. The molecule has 0 aliphatic carbocycles. The van der Waals surface area contributed by atoms with Crippen LogP contribution >= 0.6 is 15.9 Å². The van der Waals surface area contributed by atoms with Crippen LogP contribution < -0.4 is 14.4 Å². The Hall–Kier alpha value is -3.37. The topological polar surface area (TPSA) is 96.0 Å². The third-order valence-corrected chi connectivity index (χ3v) is 9.09. The number of carbonyl (C=O) groups excluding carboxylic acids is 2. The highest BCUT2D eigenvalue weighted by atomic mass is 79.9. The number of nitrogens with zero attached hydrogens (tertiary/aromatic N) is 2. The first-order valence-corrected chi connectivity index (χ1v) is 15.9. The molecule has 8 nitrogen and oxygen atoms in total. The van der Waals surface area contributed by atoms with E-state index in [-0.39, 0.29) is 23.4 Å². The third kappa shape index (κ3) is 8.81. The molecule has 0 fully saturated rings. The molecule has 0 spiro atoms. The summed E-state index contributed by atoms with van der Waals surface area (Å²) in [7, 11) is -4.14. The van der Waals surface area contributed by atoms with Crippen molar-refractivity contribution in [1.29, 1.82) is 0 Å². The number of halogens is 1. The molecule has 41 heavy (non-hydrogen) atoms. The maximum absolute atomic E-state index is 14.0. The van der Waals surface area contributed by atoms with Crippen LogP contribution in [0, 0.1) is 0 Å². The van der Waals surface area contributed by atoms with Crippen LogP contribution in [0.4, 0.5) is 5.69 Å². The molecule has 0 saturated heterocycles. The molecule has 2 atom stereocenters. The SMILES string of the molecule is CCOc1ccc(N(CC(=O)N(CCc2ccccc2)[C@@H](C)C(=O)N[C@H](C)CC)S(=O)(=O)c2ccc(Br)cc2)cc1. The molecule has 3 aromatic carbocycles. The number of rotatable bonds is 14. The van der Waals surface area contributed by atoms with E-state index in [1.54, 1.807) is 43.3 Å². The summed E-state index contributed by atoms with van der Waals surface area (Å²) in [6.07, 6.45) is 1.25. The molecule has 3 aromatic rings. The fraction of sp³-hybridized carbons (Fsp3) is 0.355. The maximum atomic E-state index is 14.0. The average Bonchev–Trinajstić information content (AvgIpc) is 2.97. The standard InChI is InChI=1S/C31H38BrN3O5S/c1-5-23(3)33-31(37)24(4)34(21-20-25-10-8-7-9-11-25)30(36)22-35(27-14-16-28(17-15-27)40-6-2)41(38,39)29-18-12-26(32)13-19-29/h7-19,23-24H,5-6,20-22H2,1-4H3,(H,33,37)/t23-,24+/m1/s1. The summed E-state index contributed by atoms with van der Waals surface area (Å²) in [5, 5.41) is 2.94. The van der Waals surface area contributed by atoms with Crippen molar-refractivity contribution in [2.24, 2.45) is 0 Å². The van der Waals surface area contributed by atoms with Gasteiger partial charge in [0.15, 0.2) is 0 Å². The fourth-order valence-corrected chi connectivity index (χ4v) is 5.85. The number of carbonyl (C=O) groups is 2. The summed E-state index contributed by atoms with van der Waals surface area (Å²) < 4.78 is 35.2. The molecule has 0 aliphatic rings. The van der Waals surface area contributed by atoms with Crippen molar-refractivity contribution in [2.45, 2.75) is 57.5 Å². The molecule has 0 aromatic heterocycles. The summed E-state index contributed by atoms with van der Waals surface area (Å²) in [5.74, 6) is -0.185. The highest BCUT2D eigenvalue weighted by Crippen LogP contribution is 2.27. The van der Waals surface area contributed by atoms with Gasteiger partial charge in [-0.25, -0.2) is 8.42 Å². The lowest BCUT2D eigenvalue weighted by Crippen LogP contribution is -2.53. The van der Waals surface area contributed by atoms with Crippen molar-refractivity contribution in [3.63, 3.8) is 0 Å². The van der Waals surface area contributed by atoms with Gasteiger partial charge in [0.05, 0.1) is 17.2 Å². The molecule has 1 N–H and O–H groups in total. The second-order valence-corrected chi connectivity index (χ2v) is 12.5. The lowest BCUT2D eigenvalue weighted by molar-refractivity contribution is -0.139. The molecule has 10 heteroatoms. The highest BCUT2D eigenvalue weighted by molar-refractivity contribution is 9.10. The zero-order valence-corrected chi connectivity index (χ0v) is 26.3. The second kappa shape index (κ2) is 15.0. The number of nitrogens with one attached hydrogen (secondary N) is 1. The van der Waals surface area contributed by atoms with Crippen LogP contribution in [0.1, 0.15) is 39.7 Å².